The molecule has 1 saturated heterocycles. The predicted octanol–water partition coefficient (Wildman–Crippen LogP) is 3.86. The van der Waals surface area contributed by atoms with Crippen LogP contribution in [0.15, 0.2) is 0 Å². The quantitative estimate of drug-likeness (QED) is 0.400. The van der Waals surface area contributed by atoms with Gasteiger partial charge in [-0.25, -0.2) is 4.18 Å². The van der Waals surface area contributed by atoms with Crippen LogP contribution in [0.2, 0.25) is 0 Å². The van der Waals surface area contributed by atoms with E-state index in [0.717, 1.165) is 12.8 Å². The van der Waals surface area contributed by atoms with E-state index in [1.165, 1.54) is 57.8 Å². The summed E-state index contributed by atoms with van der Waals surface area (Å²) >= 11 is 0. The molecule has 0 aromatic carbocycles. The molecule has 6 nitrogen and oxygen atoms in total. The van der Waals surface area contributed by atoms with E-state index in [9.17, 15) is 8.42 Å². The first-order valence-corrected chi connectivity index (χ1v) is 10.3. The van der Waals surface area contributed by atoms with Crippen LogP contribution >= 0.6 is 0 Å². The van der Waals surface area contributed by atoms with E-state index in [1.54, 1.807) is 0 Å². The monoisotopic (exact) mass is 352 g/mol. The third-order valence-electron chi connectivity index (χ3n) is 3.99. The Morgan fingerprint density at radius 1 is 0.913 bits per heavy atom. The van der Waals surface area contributed by atoms with Crippen LogP contribution in [0, 0.1) is 0 Å². The molecule has 1 heterocycles. The Bertz CT molecular complexity index is 376. The summed E-state index contributed by atoms with van der Waals surface area (Å²) in [6.07, 6.45) is 12.6. The fourth-order valence-electron chi connectivity index (χ4n) is 2.72. The Morgan fingerprint density at radius 2 is 1.39 bits per heavy atom. The molecule has 138 valence electrons. The van der Waals surface area contributed by atoms with Crippen LogP contribution in [0.4, 0.5) is 0 Å². The molecule has 1 N–H and O–H groups in total. The molecule has 1 fully saturated rings. The summed E-state index contributed by atoms with van der Waals surface area (Å²) in [5.41, 5.74) is 0. The van der Waals surface area contributed by atoms with E-state index in [0.29, 0.717) is 0 Å². The number of ether oxygens (including phenoxy) is 2. The molecule has 0 unspecified atom stereocenters. The Labute approximate surface area is 140 Å². The summed E-state index contributed by atoms with van der Waals surface area (Å²) < 4.78 is 44.9. The molecule has 0 bridgehead atoms. The van der Waals surface area contributed by atoms with Crippen molar-refractivity contribution in [3.8, 4) is 0 Å². The summed E-state index contributed by atoms with van der Waals surface area (Å²) in [6.45, 7) is 2.49. The van der Waals surface area contributed by atoms with E-state index in [2.05, 4.69) is 11.1 Å². The fourth-order valence-corrected chi connectivity index (χ4v) is 3.17. The Kier molecular flexibility index (Phi) is 11.0. The molecular weight excluding hydrogens is 320 g/mol. The van der Waals surface area contributed by atoms with E-state index >= 15 is 0 Å². The van der Waals surface area contributed by atoms with E-state index in [-0.39, 0.29) is 19.5 Å². The van der Waals surface area contributed by atoms with Crippen molar-refractivity contribution < 1.29 is 26.6 Å². The van der Waals surface area contributed by atoms with Crippen LogP contribution in [0.3, 0.4) is 0 Å². The Hall–Kier alpha value is -0.210. The van der Waals surface area contributed by atoms with Gasteiger partial charge < -0.3 is 9.47 Å². The van der Waals surface area contributed by atoms with Crippen LogP contribution in [0.25, 0.3) is 0 Å². The standard InChI is InChI=1S/C16H32O6S/c1-2-3-4-5-6-7-8-9-10-11-12-16-20-13-15(14-21-16)22-23(17,18)19/h15-16H,2-14H2,1H3,(H,17,18,19). The lowest BCUT2D eigenvalue weighted by molar-refractivity contribution is -0.213. The van der Waals surface area contributed by atoms with Gasteiger partial charge in [0, 0.05) is 0 Å². The van der Waals surface area contributed by atoms with Crippen molar-refractivity contribution in [3.63, 3.8) is 0 Å². The maximum Gasteiger partial charge on any atom is 0.397 e. The van der Waals surface area contributed by atoms with Gasteiger partial charge in [-0.05, 0) is 12.8 Å². The minimum absolute atomic E-state index is 0.127. The van der Waals surface area contributed by atoms with Gasteiger partial charge in [-0.15, -0.1) is 0 Å². The smallest absolute Gasteiger partial charge is 0.350 e. The molecule has 0 aliphatic carbocycles. The number of unbranched alkanes of at least 4 members (excludes halogenated alkanes) is 9. The van der Waals surface area contributed by atoms with Crippen LogP contribution < -0.4 is 0 Å². The zero-order valence-electron chi connectivity index (χ0n) is 14.2. The topological polar surface area (TPSA) is 82.1 Å². The third kappa shape index (κ3) is 11.9. The lowest BCUT2D eigenvalue weighted by Crippen LogP contribution is -2.38. The molecule has 1 aliphatic heterocycles. The van der Waals surface area contributed by atoms with Crippen LogP contribution in [0.5, 0.6) is 0 Å². The van der Waals surface area contributed by atoms with E-state index in [1.807, 2.05) is 0 Å². The van der Waals surface area contributed by atoms with Crippen molar-refractivity contribution in [2.24, 2.45) is 0 Å². The van der Waals surface area contributed by atoms with Crippen molar-refractivity contribution in [3.05, 3.63) is 0 Å². The summed E-state index contributed by atoms with van der Waals surface area (Å²) in [5, 5.41) is 0. The van der Waals surface area contributed by atoms with Crippen molar-refractivity contribution >= 4 is 10.4 Å². The zero-order valence-corrected chi connectivity index (χ0v) is 15.1. The number of hydrogen-bond donors (Lipinski definition) is 1. The van der Waals surface area contributed by atoms with Gasteiger partial charge in [0.2, 0.25) is 0 Å². The average molecular weight is 352 g/mol. The summed E-state index contributed by atoms with van der Waals surface area (Å²) in [6, 6.07) is 0. The van der Waals surface area contributed by atoms with Gasteiger partial charge in [-0.2, -0.15) is 8.42 Å². The van der Waals surface area contributed by atoms with Gasteiger partial charge in [0.05, 0.1) is 13.2 Å². The highest BCUT2D eigenvalue weighted by molar-refractivity contribution is 7.80. The molecule has 0 aromatic rings. The van der Waals surface area contributed by atoms with Crippen LogP contribution in [-0.2, 0) is 24.1 Å². The molecule has 0 amide bonds. The van der Waals surface area contributed by atoms with Crippen LogP contribution in [-0.4, -0.2) is 38.6 Å². The molecule has 0 aromatic heterocycles. The second kappa shape index (κ2) is 12.2. The van der Waals surface area contributed by atoms with Crippen molar-refractivity contribution in [2.45, 2.75) is 89.9 Å². The third-order valence-corrected chi connectivity index (χ3v) is 4.50. The fraction of sp³-hybridized carbons (Fsp3) is 1.00. The van der Waals surface area contributed by atoms with Gasteiger partial charge in [-0.3, -0.25) is 4.55 Å². The highest BCUT2D eigenvalue weighted by Crippen LogP contribution is 2.17. The minimum Gasteiger partial charge on any atom is -0.350 e. The minimum atomic E-state index is -4.44. The lowest BCUT2D eigenvalue weighted by Gasteiger charge is -2.28. The largest absolute Gasteiger partial charge is 0.397 e. The van der Waals surface area contributed by atoms with Gasteiger partial charge in [0.25, 0.3) is 0 Å². The normalized spacial score (nSPS) is 22.3. The second-order valence-corrected chi connectivity index (χ2v) is 7.26. The van der Waals surface area contributed by atoms with E-state index < -0.39 is 16.5 Å². The molecule has 0 radical (unpaired) electrons. The Balaban J connectivity index is 1.90. The van der Waals surface area contributed by atoms with Crippen molar-refractivity contribution in [1.82, 2.24) is 0 Å². The molecule has 0 spiro atoms. The van der Waals surface area contributed by atoms with Gasteiger partial charge >= 0.3 is 10.4 Å². The summed E-state index contributed by atoms with van der Waals surface area (Å²) in [5.74, 6) is 0. The first-order valence-electron chi connectivity index (χ1n) is 8.90. The Morgan fingerprint density at radius 3 is 1.87 bits per heavy atom. The second-order valence-electron chi connectivity index (χ2n) is 6.21. The number of rotatable bonds is 13. The van der Waals surface area contributed by atoms with E-state index in [4.69, 9.17) is 14.0 Å². The molecule has 23 heavy (non-hydrogen) atoms. The first-order chi connectivity index (χ1) is 11.0. The maximum atomic E-state index is 10.6. The summed E-state index contributed by atoms with van der Waals surface area (Å²) in [7, 11) is -4.44. The molecule has 7 heteroatoms. The van der Waals surface area contributed by atoms with Gasteiger partial charge in [0.15, 0.2) is 6.29 Å². The highest BCUT2D eigenvalue weighted by Gasteiger charge is 2.26. The summed E-state index contributed by atoms with van der Waals surface area (Å²) in [4.78, 5) is 0. The van der Waals surface area contributed by atoms with Gasteiger partial charge in [0.1, 0.15) is 6.10 Å². The molecule has 1 rings (SSSR count). The predicted molar refractivity (Wildman–Crippen MR) is 88.6 cm³/mol. The zero-order chi connectivity index (χ0) is 17.0. The van der Waals surface area contributed by atoms with Gasteiger partial charge in [-0.1, -0.05) is 64.7 Å². The maximum absolute atomic E-state index is 10.6. The van der Waals surface area contributed by atoms with Crippen molar-refractivity contribution in [2.75, 3.05) is 13.2 Å². The molecule has 1 aliphatic rings. The lowest BCUT2D eigenvalue weighted by atomic mass is 10.1. The van der Waals surface area contributed by atoms with Crippen molar-refractivity contribution in [1.29, 1.82) is 0 Å². The highest BCUT2D eigenvalue weighted by atomic mass is 32.3. The SMILES string of the molecule is CCCCCCCCCCCCC1OCC(OS(=O)(=O)O)CO1. The first kappa shape index (κ1) is 20.8. The van der Waals surface area contributed by atoms with Crippen LogP contribution in [0.1, 0.15) is 77.6 Å². The molecule has 0 atom stereocenters. The molecular formula is C16H32O6S. The molecule has 0 saturated carbocycles. The number of hydrogen-bond acceptors (Lipinski definition) is 5. The average Bonchev–Trinajstić information content (AvgIpc) is 2.49.